The molecule has 0 bridgehead atoms. The Bertz CT molecular complexity index is 295. The van der Waals surface area contributed by atoms with Crippen LogP contribution < -0.4 is 0 Å². The molecule has 3 nitrogen and oxygen atoms in total. The number of likely N-dealkylation sites (tertiary alicyclic amines) is 1. The van der Waals surface area contributed by atoms with Crippen LogP contribution in [0.3, 0.4) is 0 Å². The molecule has 2 unspecified atom stereocenters. The van der Waals surface area contributed by atoms with Crippen molar-refractivity contribution in [1.82, 2.24) is 4.90 Å². The zero-order valence-corrected chi connectivity index (χ0v) is 13.0. The second-order valence-electron chi connectivity index (χ2n) is 6.88. The Hall–Kier alpha value is -0.570. The van der Waals surface area contributed by atoms with Gasteiger partial charge in [-0.15, -0.1) is 0 Å². The van der Waals surface area contributed by atoms with E-state index in [0.29, 0.717) is 11.8 Å². The third kappa shape index (κ3) is 4.76. The number of hydrogen-bond acceptors (Lipinski definition) is 2. The third-order valence-corrected chi connectivity index (χ3v) is 5.00. The number of hydrogen-bond donors (Lipinski definition) is 1. The largest absolute Gasteiger partial charge is 0.393 e. The minimum atomic E-state index is -0.300. The molecule has 0 aromatic carbocycles. The molecule has 1 saturated carbocycles. The van der Waals surface area contributed by atoms with Crippen LogP contribution in [0.15, 0.2) is 0 Å². The van der Waals surface area contributed by atoms with E-state index in [9.17, 15) is 9.90 Å². The van der Waals surface area contributed by atoms with Gasteiger partial charge in [0.25, 0.3) is 0 Å². The predicted octanol–water partition coefficient (Wildman–Crippen LogP) is 3.50. The summed E-state index contributed by atoms with van der Waals surface area (Å²) in [6.45, 7) is 2.74. The lowest BCUT2D eigenvalue weighted by molar-refractivity contribution is -0.136. The SMILES string of the molecule is CC(O)CC1CCCCN1C(=O)CC1CCCCCC1. The molecule has 2 atom stereocenters. The number of piperidine rings is 1. The Morgan fingerprint density at radius 1 is 1.10 bits per heavy atom. The van der Waals surface area contributed by atoms with Crippen molar-refractivity contribution in [3.63, 3.8) is 0 Å². The molecule has 1 aliphatic heterocycles. The van der Waals surface area contributed by atoms with E-state index >= 15 is 0 Å². The van der Waals surface area contributed by atoms with E-state index in [2.05, 4.69) is 4.90 Å². The summed E-state index contributed by atoms with van der Waals surface area (Å²) in [5, 5.41) is 9.62. The quantitative estimate of drug-likeness (QED) is 0.801. The van der Waals surface area contributed by atoms with Gasteiger partial charge in [-0.05, 0) is 51.4 Å². The number of carbonyl (C=O) groups excluding carboxylic acids is 1. The monoisotopic (exact) mass is 281 g/mol. The Balaban J connectivity index is 1.87. The Labute approximate surface area is 123 Å². The van der Waals surface area contributed by atoms with Crippen molar-refractivity contribution in [3.05, 3.63) is 0 Å². The molecule has 0 radical (unpaired) electrons. The van der Waals surface area contributed by atoms with Crippen LogP contribution in [0.4, 0.5) is 0 Å². The van der Waals surface area contributed by atoms with Gasteiger partial charge in [-0.3, -0.25) is 4.79 Å². The average molecular weight is 281 g/mol. The van der Waals surface area contributed by atoms with Crippen LogP contribution in [0.25, 0.3) is 0 Å². The summed E-state index contributed by atoms with van der Waals surface area (Å²) in [4.78, 5) is 14.7. The van der Waals surface area contributed by atoms with Crippen molar-refractivity contribution in [1.29, 1.82) is 0 Å². The molecule has 1 saturated heterocycles. The number of rotatable bonds is 4. The zero-order valence-electron chi connectivity index (χ0n) is 13.0. The number of nitrogens with zero attached hydrogens (tertiary/aromatic N) is 1. The first kappa shape index (κ1) is 15.8. The number of aliphatic hydroxyl groups is 1. The highest BCUT2D eigenvalue weighted by Crippen LogP contribution is 2.28. The van der Waals surface area contributed by atoms with Crippen LogP contribution in [0.5, 0.6) is 0 Å². The molecule has 2 aliphatic rings. The predicted molar refractivity (Wildman–Crippen MR) is 81.5 cm³/mol. The van der Waals surface area contributed by atoms with Crippen molar-refractivity contribution < 1.29 is 9.90 Å². The van der Waals surface area contributed by atoms with Gasteiger partial charge in [0, 0.05) is 19.0 Å². The standard InChI is InChI=1S/C17H31NO2/c1-14(19)12-16-10-6-7-11-18(16)17(20)13-15-8-4-2-3-5-9-15/h14-16,19H,2-13H2,1H3. The van der Waals surface area contributed by atoms with E-state index < -0.39 is 0 Å². The fourth-order valence-corrected chi connectivity index (χ4v) is 3.90. The van der Waals surface area contributed by atoms with Gasteiger partial charge in [0.15, 0.2) is 0 Å². The summed E-state index contributed by atoms with van der Waals surface area (Å²) in [5.41, 5.74) is 0. The zero-order chi connectivity index (χ0) is 14.4. The van der Waals surface area contributed by atoms with Gasteiger partial charge in [-0.1, -0.05) is 25.7 Å². The molecule has 1 N–H and O–H groups in total. The van der Waals surface area contributed by atoms with Crippen molar-refractivity contribution in [2.24, 2.45) is 5.92 Å². The highest BCUT2D eigenvalue weighted by Gasteiger charge is 2.29. The molecule has 1 heterocycles. The van der Waals surface area contributed by atoms with E-state index in [1.165, 1.54) is 44.9 Å². The fraction of sp³-hybridized carbons (Fsp3) is 0.941. The molecule has 2 fully saturated rings. The molecule has 20 heavy (non-hydrogen) atoms. The minimum Gasteiger partial charge on any atom is -0.393 e. The van der Waals surface area contributed by atoms with E-state index in [4.69, 9.17) is 0 Å². The van der Waals surface area contributed by atoms with E-state index in [-0.39, 0.29) is 12.1 Å². The van der Waals surface area contributed by atoms with Crippen molar-refractivity contribution in [2.75, 3.05) is 6.54 Å². The lowest BCUT2D eigenvalue weighted by Gasteiger charge is -2.37. The van der Waals surface area contributed by atoms with Gasteiger partial charge >= 0.3 is 0 Å². The summed E-state index contributed by atoms with van der Waals surface area (Å²) in [7, 11) is 0. The lowest BCUT2D eigenvalue weighted by atomic mass is 9.93. The Morgan fingerprint density at radius 3 is 2.40 bits per heavy atom. The van der Waals surface area contributed by atoms with Crippen LogP contribution in [0.1, 0.15) is 77.6 Å². The molecule has 3 heteroatoms. The smallest absolute Gasteiger partial charge is 0.223 e. The first-order chi connectivity index (χ1) is 9.66. The van der Waals surface area contributed by atoms with Gasteiger partial charge in [0.1, 0.15) is 0 Å². The van der Waals surface area contributed by atoms with Gasteiger partial charge < -0.3 is 10.0 Å². The molecule has 116 valence electrons. The Morgan fingerprint density at radius 2 is 1.75 bits per heavy atom. The summed E-state index contributed by atoms with van der Waals surface area (Å²) >= 11 is 0. The van der Waals surface area contributed by atoms with Crippen molar-refractivity contribution >= 4 is 5.91 Å². The van der Waals surface area contributed by atoms with Gasteiger partial charge in [0.05, 0.1) is 6.10 Å². The highest BCUT2D eigenvalue weighted by molar-refractivity contribution is 5.76. The molecule has 0 spiro atoms. The minimum absolute atomic E-state index is 0.280. The second-order valence-corrected chi connectivity index (χ2v) is 6.88. The second kappa shape index (κ2) is 8.02. The Kier molecular flexibility index (Phi) is 6.34. The number of aliphatic hydroxyl groups excluding tert-OH is 1. The first-order valence-electron chi connectivity index (χ1n) is 8.64. The van der Waals surface area contributed by atoms with Crippen LogP contribution >= 0.6 is 0 Å². The number of amides is 1. The van der Waals surface area contributed by atoms with Crippen LogP contribution in [0, 0.1) is 5.92 Å². The van der Waals surface area contributed by atoms with E-state index in [1.54, 1.807) is 0 Å². The fourth-order valence-electron chi connectivity index (χ4n) is 3.90. The molecule has 0 aromatic rings. The highest BCUT2D eigenvalue weighted by atomic mass is 16.3. The lowest BCUT2D eigenvalue weighted by Crippen LogP contribution is -2.45. The normalized spacial score (nSPS) is 27.1. The van der Waals surface area contributed by atoms with Crippen molar-refractivity contribution in [3.8, 4) is 0 Å². The molecule has 2 rings (SSSR count). The maximum absolute atomic E-state index is 12.6. The van der Waals surface area contributed by atoms with Gasteiger partial charge in [-0.25, -0.2) is 0 Å². The van der Waals surface area contributed by atoms with Crippen LogP contribution in [0.2, 0.25) is 0 Å². The maximum Gasteiger partial charge on any atom is 0.223 e. The molecular weight excluding hydrogens is 250 g/mol. The maximum atomic E-state index is 12.6. The van der Waals surface area contributed by atoms with Gasteiger partial charge in [0.2, 0.25) is 5.91 Å². The summed E-state index contributed by atoms with van der Waals surface area (Å²) < 4.78 is 0. The summed E-state index contributed by atoms with van der Waals surface area (Å²) in [6, 6.07) is 0.280. The molecule has 0 aromatic heterocycles. The topological polar surface area (TPSA) is 40.5 Å². The summed E-state index contributed by atoms with van der Waals surface area (Å²) in [5.74, 6) is 0.960. The average Bonchev–Trinajstić information content (AvgIpc) is 2.67. The van der Waals surface area contributed by atoms with Crippen LogP contribution in [-0.2, 0) is 4.79 Å². The van der Waals surface area contributed by atoms with Gasteiger partial charge in [-0.2, -0.15) is 0 Å². The van der Waals surface area contributed by atoms with Crippen LogP contribution in [-0.4, -0.2) is 34.6 Å². The summed E-state index contributed by atoms with van der Waals surface area (Å²) in [6.07, 6.45) is 12.4. The molecular formula is C17H31NO2. The molecule has 1 aliphatic carbocycles. The molecule has 1 amide bonds. The third-order valence-electron chi connectivity index (χ3n) is 5.00. The van der Waals surface area contributed by atoms with E-state index in [0.717, 1.165) is 32.2 Å². The first-order valence-corrected chi connectivity index (χ1v) is 8.64. The van der Waals surface area contributed by atoms with Crippen molar-refractivity contribution in [2.45, 2.75) is 89.7 Å². The van der Waals surface area contributed by atoms with E-state index in [1.807, 2.05) is 6.92 Å². The number of carbonyl (C=O) groups is 1.